The lowest BCUT2D eigenvalue weighted by atomic mass is 9.97. The van der Waals surface area contributed by atoms with E-state index in [-0.39, 0.29) is 11.8 Å². The van der Waals surface area contributed by atoms with Gasteiger partial charge in [-0.15, -0.1) is 0 Å². The van der Waals surface area contributed by atoms with Crippen molar-refractivity contribution in [3.8, 4) is 11.5 Å². The van der Waals surface area contributed by atoms with Gasteiger partial charge in [-0.2, -0.15) is 0 Å². The average Bonchev–Trinajstić information content (AvgIpc) is 2.82. The number of urea groups is 1. The number of ether oxygens (including phenoxy) is 2. The van der Waals surface area contributed by atoms with E-state index >= 15 is 0 Å². The molecule has 2 aliphatic heterocycles. The second-order valence-electron chi connectivity index (χ2n) is 6.63. The number of hydrogen-bond acceptors (Lipinski definition) is 5. The van der Waals surface area contributed by atoms with E-state index in [1.807, 2.05) is 26.8 Å². The molecule has 0 unspecified atom stereocenters. The van der Waals surface area contributed by atoms with Crippen LogP contribution in [0.1, 0.15) is 44.0 Å². The van der Waals surface area contributed by atoms with Crippen molar-refractivity contribution in [2.75, 3.05) is 18.4 Å². The highest BCUT2D eigenvalue weighted by molar-refractivity contribution is 6.15. The Morgan fingerprint density at radius 3 is 2.76 bits per heavy atom. The van der Waals surface area contributed by atoms with Gasteiger partial charge < -0.3 is 25.4 Å². The Morgan fingerprint density at radius 1 is 1.24 bits per heavy atom. The average molecular weight is 345 g/mol. The Morgan fingerprint density at radius 2 is 2.00 bits per heavy atom. The highest BCUT2D eigenvalue weighted by Gasteiger charge is 2.41. The van der Waals surface area contributed by atoms with Crippen LogP contribution in [0.15, 0.2) is 24.2 Å². The molecule has 25 heavy (non-hydrogen) atoms. The third-order valence-electron chi connectivity index (χ3n) is 4.11. The van der Waals surface area contributed by atoms with Gasteiger partial charge in [0.1, 0.15) is 12.0 Å². The van der Waals surface area contributed by atoms with Crippen LogP contribution in [0.2, 0.25) is 0 Å². The predicted molar refractivity (Wildman–Crippen MR) is 94.1 cm³/mol. The number of carbonyl (C=O) groups excluding carboxylic acids is 2. The molecule has 0 aliphatic carbocycles. The van der Waals surface area contributed by atoms with E-state index in [4.69, 9.17) is 9.47 Å². The van der Waals surface area contributed by atoms with Crippen LogP contribution in [0, 0.1) is 0 Å². The van der Waals surface area contributed by atoms with E-state index in [1.54, 1.807) is 6.07 Å². The lowest BCUT2D eigenvalue weighted by molar-refractivity contribution is 0.0936. The summed E-state index contributed by atoms with van der Waals surface area (Å²) in [7, 11) is 0. The highest BCUT2D eigenvalue weighted by Crippen LogP contribution is 2.45. The Hall–Kier alpha value is -2.70. The summed E-state index contributed by atoms with van der Waals surface area (Å²) in [4.78, 5) is 24.2. The van der Waals surface area contributed by atoms with E-state index in [2.05, 4.69) is 16.0 Å². The van der Waals surface area contributed by atoms with Crippen LogP contribution in [0.3, 0.4) is 0 Å². The van der Waals surface area contributed by atoms with Gasteiger partial charge in [0.25, 0.3) is 0 Å². The lowest BCUT2D eigenvalue weighted by Gasteiger charge is -2.20. The zero-order chi connectivity index (χ0) is 18.0. The molecule has 3 N–H and O–H groups in total. The van der Waals surface area contributed by atoms with Crippen LogP contribution in [-0.4, -0.2) is 30.4 Å². The Kier molecular flexibility index (Phi) is 4.57. The van der Waals surface area contributed by atoms with Crippen molar-refractivity contribution in [1.82, 2.24) is 10.6 Å². The largest absolute Gasteiger partial charge is 0.458 e. The highest BCUT2D eigenvalue weighted by atomic mass is 16.6. The Balaban J connectivity index is 1.65. The van der Waals surface area contributed by atoms with E-state index in [0.29, 0.717) is 42.3 Å². The summed E-state index contributed by atoms with van der Waals surface area (Å²) in [6.45, 7) is 6.71. The van der Waals surface area contributed by atoms with Crippen LogP contribution in [0.25, 0.3) is 0 Å². The number of amides is 2. The van der Waals surface area contributed by atoms with E-state index < -0.39 is 5.54 Å². The second-order valence-corrected chi connectivity index (χ2v) is 6.63. The molecule has 0 radical (unpaired) electrons. The summed E-state index contributed by atoms with van der Waals surface area (Å²) < 4.78 is 11.5. The number of benzene rings is 1. The van der Waals surface area contributed by atoms with Gasteiger partial charge in [0.2, 0.25) is 0 Å². The third kappa shape index (κ3) is 3.40. The van der Waals surface area contributed by atoms with Crippen molar-refractivity contribution in [3.63, 3.8) is 0 Å². The molecule has 0 saturated heterocycles. The summed E-state index contributed by atoms with van der Waals surface area (Å²) in [6, 6.07) is 3.39. The predicted octanol–water partition coefficient (Wildman–Crippen LogP) is 2.79. The van der Waals surface area contributed by atoms with Gasteiger partial charge in [0.05, 0.1) is 11.1 Å². The molecule has 134 valence electrons. The number of rotatable bonds is 5. The van der Waals surface area contributed by atoms with Gasteiger partial charge in [-0.3, -0.25) is 4.79 Å². The number of nitrogens with one attached hydrogen (secondary N) is 3. The molecule has 0 atom stereocenters. The molecule has 0 fully saturated rings. The molecule has 1 aromatic carbocycles. The molecule has 1 aromatic rings. The number of hydrogen-bond donors (Lipinski definition) is 3. The first-order chi connectivity index (χ1) is 11.9. The van der Waals surface area contributed by atoms with Crippen LogP contribution >= 0.6 is 0 Å². The maximum Gasteiger partial charge on any atom is 0.314 e. The SMILES string of the molecule is CCCNC(=O)NCCC1=COc2ccc3c(c2O1)C(=O)C(C)(C)N3. The molecule has 0 saturated carbocycles. The summed E-state index contributed by atoms with van der Waals surface area (Å²) in [6.07, 6.45) is 2.86. The normalized spacial score (nSPS) is 16.6. The first-order valence-corrected chi connectivity index (χ1v) is 8.47. The topological polar surface area (TPSA) is 88.7 Å². The molecule has 0 spiro atoms. The molecule has 2 heterocycles. The Bertz CT molecular complexity index is 740. The second kappa shape index (κ2) is 6.66. The van der Waals surface area contributed by atoms with Crippen LogP contribution in [-0.2, 0) is 0 Å². The van der Waals surface area contributed by atoms with Gasteiger partial charge in [-0.25, -0.2) is 4.79 Å². The molecule has 7 heteroatoms. The number of anilines is 1. The fourth-order valence-electron chi connectivity index (χ4n) is 2.79. The molecular weight excluding hydrogens is 322 g/mol. The van der Waals surface area contributed by atoms with Crippen molar-refractivity contribution < 1.29 is 19.1 Å². The van der Waals surface area contributed by atoms with E-state index in [0.717, 1.165) is 12.1 Å². The van der Waals surface area contributed by atoms with Gasteiger partial charge in [-0.1, -0.05) is 6.92 Å². The standard InChI is InChI=1S/C18H23N3O4/c1-4-8-19-17(23)20-9-7-11-10-24-13-6-5-12-14(15(13)25-11)16(22)18(2,3)21-12/h5-6,10,21H,4,7-9H2,1-3H3,(H2,19,20,23). The van der Waals surface area contributed by atoms with Crippen molar-refractivity contribution in [3.05, 3.63) is 29.7 Å². The van der Waals surface area contributed by atoms with Crippen molar-refractivity contribution in [2.45, 2.75) is 39.2 Å². The number of carbonyl (C=O) groups is 2. The molecule has 3 rings (SSSR count). The van der Waals surface area contributed by atoms with Crippen LogP contribution in [0.5, 0.6) is 11.5 Å². The fraction of sp³-hybridized carbons (Fsp3) is 0.444. The van der Waals surface area contributed by atoms with Crippen LogP contribution in [0.4, 0.5) is 10.5 Å². The molecule has 2 aliphatic rings. The van der Waals surface area contributed by atoms with E-state index in [9.17, 15) is 9.59 Å². The van der Waals surface area contributed by atoms with Gasteiger partial charge in [0, 0.05) is 25.2 Å². The zero-order valence-corrected chi connectivity index (χ0v) is 14.7. The number of ketones is 1. The number of fused-ring (bicyclic) bond motifs is 3. The summed E-state index contributed by atoms with van der Waals surface area (Å²) in [5.74, 6) is 1.49. The molecular formula is C18H23N3O4. The minimum absolute atomic E-state index is 0.0266. The molecule has 7 nitrogen and oxygen atoms in total. The van der Waals surface area contributed by atoms with Gasteiger partial charge >= 0.3 is 6.03 Å². The Labute approximate surface area is 146 Å². The van der Waals surface area contributed by atoms with Crippen LogP contribution < -0.4 is 25.4 Å². The monoisotopic (exact) mass is 345 g/mol. The quantitative estimate of drug-likeness (QED) is 0.764. The summed E-state index contributed by atoms with van der Waals surface area (Å²) in [5.41, 5.74) is 0.596. The molecule has 2 amide bonds. The smallest absolute Gasteiger partial charge is 0.314 e. The lowest BCUT2D eigenvalue weighted by Crippen LogP contribution is -2.36. The third-order valence-corrected chi connectivity index (χ3v) is 4.11. The first kappa shape index (κ1) is 17.1. The van der Waals surface area contributed by atoms with Crippen molar-refractivity contribution in [1.29, 1.82) is 0 Å². The van der Waals surface area contributed by atoms with E-state index in [1.165, 1.54) is 6.26 Å². The van der Waals surface area contributed by atoms with Crippen molar-refractivity contribution >= 4 is 17.5 Å². The number of Topliss-reactive ketones (excluding diaryl/α,β-unsaturated/α-hetero) is 1. The van der Waals surface area contributed by atoms with Crippen molar-refractivity contribution in [2.24, 2.45) is 0 Å². The van der Waals surface area contributed by atoms with Gasteiger partial charge in [-0.05, 0) is 32.4 Å². The summed E-state index contributed by atoms with van der Waals surface area (Å²) in [5, 5.41) is 8.69. The molecule has 0 bridgehead atoms. The maximum absolute atomic E-state index is 12.6. The minimum Gasteiger partial charge on any atom is -0.458 e. The maximum atomic E-state index is 12.6. The van der Waals surface area contributed by atoms with Gasteiger partial charge in [0.15, 0.2) is 17.3 Å². The minimum atomic E-state index is -0.666. The fourth-order valence-corrected chi connectivity index (χ4v) is 2.79. The summed E-state index contributed by atoms with van der Waals surface area (Å²) >= 11 is 0. The first-order valence-electron chi connectivity index (χ1n) is 8.47. The zero-order valence-electron chi connectivity index (χ0n) is 14.7. The molecule has 0 aromatic heterocycles.